The number of rotatable bonds is 16. The molecule has 0 aliphatic rings. The lowest BCUT2D eigenvalue weighted by atomic mass is 10.0. The molecule has 11 aromatic carbocycles. The fourth-order valence-electron chi connectivity index (χ4n) is 13.8. The summed E-state index contributed by atoms with van der Waals surface area (Å²) in [6, 6.07) is 97.7. The number of aromatic nitrogens is 26. The monoisotopic (exact) mass is 2110 g/mol. The van der Waals surface area contributed by atoms with Gasteiger partial charge in [0.15, 0.2) is 82.0 Å². The van der Waals surface area contributed by atoms with E-state index in [1.165, 1.54) is 21.3 Å². The van der Waals surface area contributed by atoms with Gasteiger partial charge in [0, 0.05) is 79.0 Å². The molecule has 20 aromatic rings. The topological polar surface area (TPSA) is 293 Å². The van der Waals surface area contributed by atoms with E-state index >= 15 is 0 Å². The molecule has 10 N–H and O–H groups in total. The third-order valence-electron chi connectivity index (χ3n) is 21.0. The second-order valence-electron chi connectivity index (χ2n) is 31.9. The molecule has 9 heterocycles. The summed E-state index contributed by atoms with van der Waals surface area (Å²) in [5.74, 6) is 3.44. The molecule has 9 aromatic heterocycles. The Labute approximate surface area is 867 Å². The molecule has 730 valence electrons. The van der Waals surface area contributed by atoms with Crippen LogP contribution in [-0.4, -0.2) is 134 Å². The number of para-hydroxylation sites is 4. The Bertz CT molecular complexity index is 8000. The van der Waals surface area contributed by atoms with Crippen molar-refractivity contribution < 1.29 is 26.3 Å². The van der Waals surface area contributed by atoms with Crippen molar-refractivity contribution in [3.63, 3.8) is 0 Å². The molecule has 0 bridgehead atoms. The number of benzene rings is 11. The highest BCUT2D eigenvalue weighted by molar-refractivity contribution is 7.98. The molecule has 0 aliphatic carbocycles. The number of hydrogen-bond donors (Lipinski definition) is 10. The average Bonchev–Trinajstić information content (AvgIpc) is 1.78. The average molecular weight is 2120 g/mol. The number of hydrogen-bond acceptors (Lipinski definition) is 18. The van der Waals surface area contributed by atoms with Crippen molar-refractivity contribution in [2.45, 2.75) is 83.2 Å². The minimum absolute atomic E-state index is 0.0741. The van der Waals surface area contributed by atoms with Gasteiger partial charge in [-0.3, -0.25) is 82.4 Å². The molecular weight excluding hydrogens is 2020 g/mol. The molecule has 20 rings (SSSR count). The predicted molar refractivity (Wildman–Crippen MR) is 574 cm³/mol. The third-order valence-corrected chi connectivity index (χ3v) is 25.0. The van der Waals surface area contributed by atoms with Crippen molar-refractivity contribution in [3.05, 3.63) is 397 Å². The highest BCUT2D eigenvalue weighted by atomic mass is 32.2. The summed E-state index contributed by atoms with van der Waals surface area (Å²) in [7, 11) is 5.59. The lowest BCUT2D eigenvalue weighted by Gasteiger charge is -2.22. The first-order valence-electron chi connectivity index (χ1n) is 43.5. The van der Waals surface area contributed by atoms with Gasteiger partial charge in [-0.2, -0.15) is 56.9 Å². The third kappa shape index (κ3) is 29.6. The summed E-state index contributed by atoms with van der Waals surface area (Å²) in [5, 5.41) is 54.3. The normalized spacial score (nSPS) is 10.9. The molecule has 0 saturated carbocycles. The molecule has 0 spiro atoms. The van der Waals surface area contributed by atoms with Crippen LogP contribution in [0.4, 0.5) is 26.3 Å². The summed E-state index contributed by atoms with van der Waals surface area (Å²) in [6.45, 7) is 10.2. The molecule has 26 nitrogen and oxygen atoms in total. The van der Waals surface area contributed by atoms with Gasteiger partial charge in [-0.25, -0.2) is 0 Å². The Morgan fingerprint density at radius 1 is 0.331 bits per heavy atom. The van der Waals surface area contributed by atoms with Crippen LogP contribution in [0.1, 0.15) is 54.2 Å². The smallest absolute Gasteiger partial charge is 0.330 e. The van der Waals surface area contributed by atoms with Crippen LogP contribution in [-0.2, 0) is 71.5 Å². The van der Waals surface area contributed by atoms with Gasteiger partial charge in [-0.1, -0.05) is 272 Å². The molecule has 142 heavy (non-hydrogen) atoms. The highest BCUT2D eigenvalue weighted by Gasteiger charge is 2.38. The maximum Gasteiger partial charge on any atom is 0.416 e. The van der Waals surface area contributed by atoms with Crippen molar-refractivity contribution in [1.29, 1.82) is 0 Å². The van der Waals surface area contributed by atoms with Crippen molar-refractivity contribution in [3.8, 4) is 68.3 Å². The fraction of sp³-hybridized carbons (Fsp3) is 0.162. The second kappa shape index (κ2) is 51.0. The summed E-state index contributed by atoms with van der Waals surface area (Å²) in [4.78, 5) is 3.20. The molecule has 43 heteroatoms. The maximum absolute atomic E-state index is 13.1. The van der Waals surface area contributed by atoms with E-state index in [4.69, 9.17) is 122 Å². The van der Waals surface area contributed by atoms with E-state index in [2.05, 4.69) is 198 Å². The number of thioether (sulfide) groups is 1. The zero-order chi connectivity index (χ0) is 102. The molecule has 0 amide bonds. The van der Waals surface area contributed by atoms with Gasteiger partial charge in [0.2, 0.25) is 0 Å². The standard InChI is InChI=1S/C18H13F6N3S.C17H17N3S.C15H13N3S.C13H10N2S.C12H15N3S.C9H9N3S.C8H7N3S.C4H7N3S2.C3H5N3S2/c19-17(20,21)13-8-12(9-14(10-13)18(22,23)24)15-25-26-16(28)27(15)7-6-11-4-2-1-3-5-11;1-13-7-9-15(10-8-13)16-18-19-17(21)20(16)12-11-14-5-3-2-4-6-14;19-15-17-16-14(13-9-5-2-6-10-13)18(15)11-12-7-3-1-4-8-12;16-13-14-11-8-4-5-9-12(11)15(13)10-6-2-1-3-7-10;1-12(2,3)15-10(13-14-11(15)16)9-7-5-4-6-8-9;1-12-8(10-11-9(12)13)7-5-3-2-4-6-7;12-8-10-9-6-11(8)7-4-2-1-3-5-7;1-7-3(8)5-6-4(7)9-2;1-6-2(7)4-5-3(6)8/h1-5,8-10H,6-7H2,(H,26,28);2-10H,11-12H2,1H3,(H,19,21);1-10H,11H2,(H,17,19);1-9H,(H,14,16);4-8H,1-3H3,(H,14,16);2-6H,1H3,(H,11,13);1-6H,(H,10,12);1-2H3,(H,5,8);1H3,(H,4,7)(H,5,8). The van der Waals surface area contributed by atoms with Crippen LogP contribution in [0.2, 0.25) is 0 Å². The van der Waals surface area contributed by atoms with Crippen molar-refractivity contribution >= 4 is 145 Å². The summed E-state index contributed by atoms with van der Waals surface area (Å²) >= 11 is 52.4. The Morgan fingerprint density at radius 2 is 0.704 bits per heavy atom. The van der Waals surface area contributed by atoms with E-state index < -0.39 is 23.5 Å². The summed E-state index contributed by atoms with van der Waals surface area (Å²) in [6.07, 6.45) is -4.82. The van der Waals surface area contributed by atoms with E-state index in [1.54, 1.807) is 29.7 Å². The zero-order valence-electron chi connectivity index (χ0n) is 77.5. The van der Waals surface area contributed by atoms with Crippen LogP contribution in [0.5, 0.6) is 0 Å². The van der Waals surface area contributed by atoms with E-state index in [9.17, 15) is 26.3 Å². The van der Waals surface area contributed by atoms with Crippen molar-refractivity contribution in [2.24, 2.45) is 21.1 Å². The lowest BCUT2D eigenvalue weighted by molar-refractivity contribution is -0.143. The van der Waals surface area contributed by atoms with Gasteiger partial charge < -0.3 is 9.55 Å². The summed E-state index contributed by atoms with van der Waals surface area (Å²) in [5.41, 5.74) is 10.1. The second-order valence-corrected chi connectivity index (χ2v) is 36.6. The van der Waals surface area contributed by atoms with E-state index in [0.717, 1.165) is 103 Å². The molecule has 0 saturated heterocycles. The van der Waals surface area contributed by atoms with Crippen LogP contribution >= 0.6 is 134 Å². The maximum atomic E-state index is 13.1. The van der Waals surface area contributed by atoms with Crippen LogP contribution < -0.4 is 0 Å². The van der Waals surface area contributed by atoms with Gasteiger partial charge in [0.05, 0.1) is 28.7 Å². The number of halogens is 6. The Morgan fingerprint density at radius 3 is 1.12 bits per heavy atom. The largest absolute Gasteiger partial charge is 0.416 e. The van der Waals surface area contributed by atoms with E-state index in [-0.39, 0.29) is 34.3 Å². The number of aromatic amines is 10. The van der Waals surface area contributed by atoms with Gasteiger partial charge in [0.1, 0.15) is 6.33 Å². The van der Waals surface area contributed by atoms with Gasteiger partial charge >= 0.3 is 12.4 Å². The van der Waals surface area contributed by atoms with Crippen LogP contribution in [0.15, 0.2) is 321 Å². The number of imidazole rings is 1. The minimum atomic E-state index is -4.93. The molecule has 0 atom stereocenters. The summed E-state index contributed by atoms with van der Waals surface area (Å²) < 4.78 is 101. The number of H-pyrrole nitrogens is 10. The zero-order valence-corrected chi connectivity index (χ0v) is 86.5. The number of alkyl halides is 6. The van der Waals surface area contributed by atoms with Crippen molar-refractivity contribution in [2.75, 3.05) is 6.26 Å². The Hall–Kier alpha value is -13.9. The number of nitrogens with zero attached hydrogens (tertiary/aromatic N) is 16. The quantitative estimate of drug-likeness (QED) is 0.0244. The van der Waals surface area contributed by atoms with Gasteiger partial charge in [-0.15, -0.1) is 5.10 Å². The van der Waals surface area contributed by atoms with Crippen LogP contribution in [0.25, 0.3) is 79.3 Å². The van der Waals surface area contributed by atoms with Crippen molar-refractivity contribution in [1.82, 2.24) is 128 Å². The lowest BCUT2D eigenvalue weighted by Crippen LogP contribution is -2.22. The van der Waals surface area contributed by atoms with Gasteiger partial charge in [0.25, 0.3) is 0 Å². The first kappa shape index (κ1) is 107. The number of aryl methyl sites for hydroxylation is 3. The van der Waals surface area contributed by atoms with E-state index in [1.807, 2.05) is 260 Å². The molecule has 0 fully saturated rings. The molecule has 0 unspecified atom stereocenters. The number of fused-ring (bicyclic) bond motifs is 1. The highest BCUT2D eigenvalue weighted by Crippen LogP contribution is 2.39. The fourth-order valence-corrected chi connectivity index (χ4v) is 16.5. The first-order chi connectivity index (χ1) is 68.1. The molecule has 0 radical (unpaired) electrons. The van der Waals surface area contributed by atoms with Gasteiger partial charge in [-0.05, 0) is 240 Å². The van der Waals surface area contributed by atoms with E-state index in [0.29, 0.717) is 56.7 Å². The predicted octanol–water partition coefficient (Wildman–Crippen LogP) is 27.2. The molecular formula is C99H96F6N26S11. The minimum Gasteiger partial charge on any atom is -0.330 e. The van der Waals surface area contributed by atoms with Crippen LogP contribution in [0, 0.1) is 54.6 Å². The first-order valence-corrected chi connectivity index (χ1v) is 48.8. The Kier molecular flexibility index (Phi) is 38.4. The molecule has 0 aliphatic heterocycles. The van der Waals surface area contributed by atoms with Crippen LogP contribution in [0.3, 0.4) is 0 Å². The Balaban J connectivity index is 0.000000146. The SMILES string of the molecule is CC(C)(C)n1c(-c2ccccc2)n[nH]c1=S.CSc1n[nH]c(=S)n1C.Cc1ccc(-c2n[nH]c(=S)n2CCc2ccccc2)cc1.Cn1c(-c2ccccc2)n[nH]c1=S.Cn1c(=S)[nH][nH]c1=S.FC(F)(F)c1cc(-c2n[nH]c(=S)n2CCc2ccccc2)cc(C(F)(F)F)c1.S=c1[nH]c2ccccc2n1-c1ccccc1.S=c1[nH]nc(-c2ccccc2)n1Cc1ccccc1.S=c1[nH]ncn1-c1ccccc1. The number of nitrogens with one attached hydrogen (secondary N) is 10.